The average molecular weight is 460 g/mol. The van der Waals surface area contributed by atoms with Gasteiger partial charge in [-0.05, 0) is 49.4 Å². The molecule has 0 aliphatic carbocycles. The van der Waals surface area contributed by atoms with Gasteiger partial charge in [0, 0.05) is 41.5 Å². The zero-order chi connectivity index (χ0) is 23.9. The van der Waals surface area contributed by atoms with Crippen molar-refractivity contribution in [2.45, 2.75) is 6.92 Å². The topological polar surface area (TPSA) is 97.8 Å². The Hall–Kier alpha value is -4.04. The van der Waals surface area contributed by atoms with Crippen molar-refractivity contribution in [1.29, 1.82) is 0 Å². The molecule has 1 N–H and O–H groups in total. The molecule has 0 atom stereocenters. The number of pyridine rings is 1. The molecule has 1 saturated heterocycles. The lowest BCUT2D eigenvalue weighted by atomic mass is 10.1. The number of nitrogens with zero attached hydrogens (tertiary/aromatic N) is 2. The first-order valence-corrected chi connectivity index (χ1v) is 11.1. The number of carbonyl (C=O) groups is 3. The molecule has 34 heavy (non-hydrogen) atoms. The molecule has 1 aliphatic rings. The number of rotatable bonds is 6. The number of benzene rings is 2. The Bertz CT molecular complexity index is 1230. The fourth-order valence-corrected chi connectivity index (χ4v) is 3.76. The molecule has 2 aromatic carbocycles. The predicted molar refractivity (Wildman–Crippen MR) is 130 cm³/mol. The molecule has 2 heterocycles. The van der Waals surface area contributed by atoms with Crippen LogP contribution < -0.4 is 10.2 Å². The highest BCUT2D eigenvalue weighted by atomic mass is 16.5. The quantitative estimate of drug-likeness (QED) is 0.261. The van der Waals surface area contributed by atoms with Gasteiger partial charge in [-0.1, -0.05) is 18.2 Å². The number of hydrogen-bond donors (Lipinski definition) is 1. The van der Waals surface area contributed by atoms with Crippen LogP contribution in [0.3, 0.4) is 0 Å². The van der Waals surface area contributed by atoms with E-state index < -0.39 is 11.9 Å². The lowest BCUT2D eigenvalue weighted by molar-refractivity contribution is -0.152. The molecule has 1 fully saturated rings. The number of esters is 1. The van der Waals surface area contributed by atoms with Gasteiger partial charge in [0.1, 0.15) is 0 Å². The standard InChI is InChI=1S/C26H25N3O5/c1-2-34-26(32)25(31)28-20-10-7-18(8-11-20)23(30)12-9-19-17-27-22-6-4-3-5-21(22)24(19)29-13-15-33-16-14-29/h3-12,17H,2,13-16H2,1H3,(H,28,31). The second kappa shape index (κ2) is 10.7. The van der Waals surface area contributed by atoms with Crippen molar-refractivity contribution in [2.24, 2.45) is 0 Å². The van der Waals surface area contributed by atoms with Crippen molar-refractivity contribution in [3.63, 3.8) is 0 Å². The van der Waals surface area contributed by atoms with Gasteiger partial charge in [0.2, 0.25) is 0 Å². The largest absolute Gasteiger partial charge is 0.459 e. The summed E-state index contributed by atoms with van der Waals surface area (Å²) in [5, 5.41) is 3.47. The van der Waals surface area contributed by atoms with E-state index in [1.54, 1.807) is 43.5 Å². The molecular formula is C26H25N3O5. The van der Waals surface area contributed by atoms with Crippen LogP contribution in [0.1, 0.15) is 22.8 Å². The summed E-state index contributed by atoms with van der Waals surface area (Å²) in [4.78, 5) is 42.8. The monoisotopic (exact) mass is 459 g/mol. The fourth-order valence-electron chi connectivity index (χ4n) is 3.76. The Labute approximate surface area is 197 Å². The van der Waals surface area contributed by atoms with E-state index in [1.165, 1.54) is 6.08 Å². The summed E-state index contributed by atoms with van der Waals surface area (Å²) in [5.41, 5.74) is 3.63. The molecule has 0 unspecified atom stereocenters. The van der Waals surface area contributed by atoms with Gasteiger partial charge in [0.05, 0.1) is 31.0 Å². The number of morpholine rings is 1. The van der Waals surface area contributed by atoms with Crippen molar-refractivity contribution in [2.75, 3.05) is 43.1 Å². The summed E-state index contributed by atoms with van der Waals surface area (Å²) in [6.45, 7) is 4.57. The predicted octanol–water partition coefficient (Wildman–Crippen LogP) is 3.47. The first-order valence-electron chi connectivity index (χ1n) is 11.1. The Morgan fingerprint density at radius 1 is 1.09 bits per heavy atom. The molecule has 4 rings (SSSR count). The maximum atomic E-state index is 12.8. The second-order valence-corrected chi connectivity index (χ2v) is 7.63. The summed E-state index contributed by atoms with van der Waals surface area (Å²) in [7, 11) is 0. The molecule has 3 aromatic rings. The molecule has 0 bridgehead atoms. The van der Waals surface area contributed by atoms with Gasteiger partial charge in [-0.15, -0.1) is 0 Å². The smallest absolute Gasteiger partial charge is 0.397 e. The van der Waals surface area contributed by atoms with Crippen LogP contribution in [0.25, 0.3) is 17.0 Å². The SMILES string of the molecule is CCOC(=O)C(=O)Nc1ccc(C(=O)C=Cc2cnc3ccccc3c2N2CCOCC2)cc1. The molecule has 174 valence electrons. The molecule has 1 amide bonds. The highest BCUT2D eigenvalue weighted by molar-refractivity contribution is 6.37. The van der Waals surface area contributed by atoms with Gasteiger partial charge in [0.15, 0.2) is 5.78 Å². The van der Waals surface area contributed by atoms with Crippen LogP contribution in [-0.2, 0) is 19.1 Å². The van der Waals surface area contributed by atoms with Gasteiger partial charge in [-0.25, -0.2) is 4.79 Å². The van der Waals surface area contributed by atoms with Crippen molar-refractivity contribution < 1.29 is 23.9 Å². The zero-order valence-corrected chi connectivity index (χ0v) is 18.8. The fraction of sp³-hybridized carbons (Fsp3) is 0.231. The van der Waals surface area contributed by atoms with E-state index in [1.807, 2.05) is 24.3 Å². The number of hydrogen-bond acceptors (Lipinski definition) is 7. The number of carbonyl (C=O) groups excluding carboxylic acids is 3. The number of nitrogens with one attached hydrogen (secondary N) is 1. The second-order valence-electron chi connectivity index (χ2n) is 7.63. The minimum Gasteiger partial charge on any atom is -0.459 e. The van der Waals surface area contributed by atoms with Crippen LogP contribution in [-0.4, -0.2) is 55.6 Å². The highest BCUT2D eigenvalue weighted by Crippen LogP contribution is 2.31. The number of para-hydroxylation sites is 1. The maximum absolute atomic E-state index is 12.8. The van der Waals surface area contributed by atoms with Crippen molar-refractivity contribution in [3.05, 3.63) is 71.9 Å². The van der Waals surface area contributed by atoms with Crippen LogP contribution in [0.15, 0.2) is 60.8 Å². The van der Waals surface area contributed by atoms with Gasteiger partial charge >= 0.3 is 11.9 Å². The number of aromatic nitrogens is 1. The normalized spacial score (nSPS) is 13.7. The van der Waals surface area contributed by atoms with E-state index in [9.17, 15) is 14.4 Å². The lowest BCUT2D eigenvalue weighted by Gasteiger charge is -2.31. The van der Waals surface area contributed by atoms with Crippen LogP contribution in [0.5, 0.6) is 0 Å². The number of allylic oxidation sites excluding steroid dienone is 1. The van der Waals surface area contributed by atoms with E-state index >= 15 is 0 Å². The Balaban J connectivity index is 1.53. The lowest BCUT2D eigenvalue weighted by Crippen LogP contribution is -2.36. The Kier molecular flexibility index (Phi) is 7.29. The van der Waals surface area contributed by atoms with Gasteiger partial charge < -0.3 is 19.7 Å². The Morgan fingerprint density at radius 3 is 2.56 bits per heavy atom. The van der Waals surface area contributed by atoms with Gasteiger partial charge in [0.25, 0.3) is 0 Å². The van der Waals surface area contributed by atoms with Crippen molar-refractivity contribution in [1.82, 2.24) is 4.98 Å². The van der Waals surface area contributed by atoms with Crippen LogP contribution in [0, 0.1) is 0 Å². The molecule has 0 spiro atoms. The summed E-state index contributed by atoms with van der Waals surface area (Å²) < 4.78 is 10.2. The average Bonchev–Trinajstić information content (AvgIpc) is 2.88. The van der Waals surface area contributed by atoms with E-state index in [4.69, 9.17) is 4.74 Å². The molecule has 0 saturated carbocycles. The number of ketones is 1. The van der Waals surface area contributed by atoms with E-state index in [0.717, 1.165) is 35.2 Å². The van der Waals surface area contributed by atoms with Crippen LogP contribution in [0.2, 0.25) is 0 Å². The first-order chi connectivity index (χ1) is 16.6. The third-order valence-corrected chi connectivity index (χ3v) is 5.41. The molecule has 0 radical (unpaired) electrons. The minimum atomic E-state index is -0.953. The number of fused-ring (bicyclic) bond motifs is 1. The number of anilines is 2. The zero-order valence-electron chi connectivity index (χ0n) is 18.8. The van der Waals surface area contributed by atoms with Gasteiger partial charge in [-0.2, -0.15) is 0 Å². The molecule has 1 aliphatic heterocycles. The van der Waals surface area contributed by atoms with Crippen molar-refractivity contribution in [3.8, 4) is 0 Å². The third kappa shape index (κ3) is 5.29. The molecule has 8 nitrogen and oxygen atoms in total. The third-order valence-electron chi connectivity index (χ3n) is 5.41. The number of ether oxygens (including phenoxy) is 2. The molecule has 1 aromatic heterocycles. The maximum Gasteiger partial charge on any atom is 0.397 e. The first kappa shape index (κ1) is 23.1. The molecular weight excluding hydrogens is 434 g/mol. The summed E-state index contributed by atoms with van der Waals surface area (Å²) in [5.74, 6) is -2.00. The van der Waals surface area contributed by atoms with E-state index in [-0.39, 0.29) is 12.4 Å². The summed E-state index contributed by atoms with van der Waals surface area (Å²) >= 11 is 0. The summed E-state index contributed by atoms with van der Waals surface area (Å²) in [6, 6.07) is 14.3. The Morgan fingerprint density at radius 2 is 1.82 bits per heavy atom. The van der Waals surface area contributed by atoms with E-state index in [2.05, 4.69) is 19.9 Å². The molecule has 8 heteroatoms. The highest BCUT2D eigenvalue weighted by Gasteiger charge is 2.18. The van der Waals surface area contributed by atoms with E-state index in [0.29, 0.717) is 24.5 Å². The van der Waals surface area contributed by atoms with Crippen LogP contribution >= 0.6 is 0 Å². The van der Waals surface area contributed by atoms with Crippen molar-refractivity contribution >= 4 is 46.0 Å². The van der Waals surface area contributed by atoms with Crippen LogP contribution in [0.4, 0.5) is 11.4 Å². The van der Waals surface area contributed by atoms with Gasteiger partial charge in [-0.3, -0.25) is 14.6 Å². The minimum absolute atomic E-state index is 0.117. The summed E-state index contributed by atoms with van der Waals surface area (Å²) in [6.07, 6.45) is 5.08. The number of amides is 1.